The van der Waals surface area contributed by atoms with Crippen LogP contribution in [0.15, 0.2) is 78.9 Å². The molecule has 0 radical (unpaired) electrons. The lowest BCUT2D eigenvalue weighted by Crippen LogP contribution is -2.01. The standard InChI is InChI=1S/C20H19NO.C2H6/c1-22-20-13-12-18(17-10-6-3-7-11-17)14-19(20)21-15-16-8-4-2-5-9-16;1-2/h2-14,21H,15H2,1H3;1-2H3. The molecule has 0 aliphatic carbocycles. The molecule has 2 nitrogen and oxygen atoms in total. The van der Waals surface area contributed by atoms with Crippen LogP contribution in [0.3, 0.4) is 0 Å². The van der Waals surface area contributed by atoms with E-state index in [0.717, 1.165) is 18.0 Å². The van der Waals surface area contributed by atoms with Gasteiger partial charge in [0.15, 0.2) is 0 Å². The Morgan fingerprint density at radius 2 is 1.38 bits per heavy atom. The predicted molar refractivity (Wildman–Crippen MR) is 104 cm³/mol. The Morgan fingerprint density at radius 3 is 2.00 bits per heavy atom. The average molecular weight is 319 g/mol. The molecule has 0 saturated heterocycles. The molecule has 24 heavy (non-hydrogen) atoms. The summed E-state index contributed by atoms with van der Waals surface area (Å²) in [6.07, 6.45) is 0. The molecule has 0 aliphatic rings. The zero-order valence-electron chi connectivity index (χ0n) is 14.6. The van der Waals surface area contributed by atoms with Crippen molar-refractivity contribution < 1.29 is 4.74 Å². The van der Waals surface area contributed by atoms with E-state index in [1.807, 2.05) is 32.0 Å². The average Bonchev–Trinajstić information content (AvgIpc) is 2.69. The van der Waals surface area contributed by atoms with E-state index in [1.54, 1.807) is 7.11 Å². The molecule has 3 aromatic carbocycles. The lowest BCUT2D eigenvalue weighted by molar-refractivity contribution is 0.416. The van der Waals surface area contributed by atoms with Gasteiger partial charge in [0.25, 0.3) is 0 Å². The van der Waals surface area contributed by atoms with Crippen LogP contribution in [0.1, 0.15) is 19.4 Å². The molecule has 0 saturated carbocycles. The van der Waals surface area contributed by atoms with E-state index in [-0.39, 0.29) is 0 Å². The first kappa shape index (κ1) is 17.6. The van der Waals surface area contributed by atoms with Crippen molar-refractivity contribution in [1.82, 2.24) is 0 Å². The summed E-state index contributed by atoms with van der Waals surface area (Å²) < 4.78 is 5.46. The Morgan fingerprint density at radius 1 is 0.750 bits per heavy atom. The molecule has 2 heteroatoms. The third kappa shape index (κ3) is 4.63. The van der Waals surface area contributed by atoms with Crippen LogP contribution in [-0.4, -0.2) is 7.11 Å². The van der Waals surface area contributed by atoms with Crippen molar-refractivity contribution in [2.24, 2.45) is 0 Å². The summed E-state index contributed by atoms with van der Waals surface area (Å²) >= 11 is 0. The highest BCUT2D eigenvalue weighted by molar-refractivity contribution is 5.72. The van der Waals surface area contributed by atoms with E-state index in [0.29, 0.717) is 0 Å². The first-order valence-corrected chi connectivity index (χ1v) is 8.38. The van der Waals surface area contributed by atoms with Gasteiger partial charge in [0.1, 0.15) is 5.75 Å². The lowest BCUT2D eigenvalue weighted by atomic mass is 10.0. The zero-order valence-corrected chi connectivity index (χ0v) is 14.6. The number of benzene rings is 3. The molecule has 3 rings (SSSR count). The van der Waals surface area contributed by atoms with E-state index in [4.69, 9.17) is 4.74 Å². The number of ether oxygens (including phenoxy) is 1. The molecule has 3 aromatic rings. The molecule has 0 aliphatic heterocycles. The summed E-state index contributed by atoms with van der Waals surface area (Å²) in [6.45, 7) is 4.77. The number of hydrogen-bond donors (Lipinski definition) is 1. The Labute approximate surface area is 145 Å². The van der Waals surface area contributed by atoms with Gasteiger partial charge in [0.2, 0.25) is 0 Å². The molecular formula is C22H25NO. The van der Waals surface area contributed by atoms with Crippen molar-refractivity contribution >= 4 is 5.69 Å². The molecule has 0 unspecified atom stereocenters. The van der Waals surface area contributed by atoms with Crippen LogP contribution < -0.4 is 10.1 Å². The molecule has 0 aromatic heterocycles. The zero-order chi connectivity index (χ0) is 17.2. The summed E-state index contributed by atoms with van der Waals surface area (Å²) in [5.74, 6) is 0.857. The molecule has 0 spiro atoms. The van der Waals surface area contributed by atoms with Crippen LogP contribution in [0, 0.1) is 0 Å². The lowest BCUT2D eigenvalue weighted by Gasteiger charge is -2.13. The van der Waals surface area contributed by atoms with Gasteiger partial charge >= 0.3 is 0 Å². The molecule has 0 heterocycles. The second-order valence-electron chi connectivity index (χ2n) is 5.12. The topological polar surface area (TPSA) is 21.3 Å². The smallest absolute Gasteiger partial charge is 0.141 e. The van der Waals surface area contributed by atoms with E-state index in [1.165, 1.54) is 16.7 Å². The molecule has 124 valence electrons. The van der Waals surface area contributed by atoms with E-state index in [2.05, 4.69) is 66.0 Å². The van der Waals surface area contributed by atoms with E-state index in [9.17, 15) is 0 Å². The highest BCUT2D eigenvalue weighted by Gasteiger charge is 2.05. The maximum absolute atomic E-state index is 5.46. The van der Waals surface area contributed by atoms with Crippen LogP contribution >= 0.6 is 0 Å². The monoisotopic (exact) mass is 319 g/mol. The molecule has 0 fully saturated rings. The molecule has 0 atom stereocenters. The number of rotatable bonds is 5. The third-order valence-electron chi connectivity index (χ3n) is 3.63. The first-order valence-electron chi connectivity index (χ1n) is 8.38. The third-order valence-corrected chi connectivity index (χ3v) is 3.63. The van der Waals surface area contributed by atoms with Gasteiger partial charge in [-0.15, -0.1) is 0 Å². The maximum atomic E-state index is 5.46. The Kier molecular flexibility index (Phi) is 6.91. The van der Waals surface area contributed by atoms with Gasteiger partial charge < -0.3 is 10.1 Å². The largest absolute Gasteiger partial charge is 0.495 e. The van der Waals surface area contributed by atoms with Gasteiger partial charge in [-0.05, 0) is 28.8 Å². The van der Waals surface area contributed by atoms with Crippen LogP contribution in [0.25, 0.3) is 11.1 Å². The normalized spacial score (nSPS) is 9.62. The summed E-state index contributed by atoms with van der Waals surface area (Å²) in [6, 6.07) is 26.9. The highest BCUT2D eigenvalue weighted by Crippen LogP contribution is 2.30. The van der Waals surface area contributed by atoms with Crippen LogP contribution in [0.2, 0.25) is 0 Å². The SMILES string of the molecule is CC.COc1ccc(-c2ccccc2)cc1NCc1ccccc1. The Bertz CT molecular complexity index is 723. The van der Waals surface area contributed by atoms with Crippen molar-refractivity contribution in [3.05, 3.63) is 84.4 Å². The van der Waals surface area contributed by atoms with Crippen molar-refractivity contribution in [1.29, 1.82) is 0 Å². The van der Waals surface area contributed by atoms with Crippen LogP contribution in [-0.2, 0) is 6.54 Å². The summed E-state index contributed by atoms with van der Waals surface area (Å²) in [5.41, 5.74) is 4.63. The molecule has 0 amide bonds. The second kappa shape index (κ2) is 9.41. The number of nitrogens with one attached hydrogen (secondary N) is 1. The fourth-order valence-corrected chi connectivity index (χ4v) is 2.45. The van der Waals surface area contributed by atoms with Crippen molar-refractivity contribution in [3.63, 3.8) is 0 Å². The van der Waals surface area contributed by atoms with Gasteiger partial charge in [0, 0.05) is 6.54 Å². The van der Waals surface area contributed by atoms with Gasteiger partial charge in [-0.3, -0.25) is 0 Å². The van der Waals surface area contributed by atoms with Gasteiger partial charge in [-0.2, -0.15) is 0 Å². The molecule has 1 N–H and O–H groups in total. The van der Waals surface area contributed by atoms with Crippen molar-refractivity contribution in [2.45, 2.75) is 20.4 Å². The predicted octanol–water partition coefficient (Wildman–Crippen LogP) is 6.00. The number of methoxy groups -OCH3 is 1. The highest BCUT2D eigenvalue weighted by atomic mass is 16.5. The van der Waals surface area contributed by atoms with Crippen molar-refractivity contribution in [3.8, 4) is 16.9 Å². The Balaban J connectivity index is 0.00000100. The van der Waals surface area contributed by atoms with E-state index >= 15 is 0 Å². The maximum Gasteiger partial charge on any atom is 0.141 e. The van der Waals surface area contributed by atoms with E-state index < -0.39 is 0 Å². The molecular weight excluding hydrogens is 294 g/mol. The minimum Gasteiger partial charge on any atom is -0.495 e. The first-order chi connectivity index (χ1) is 11.9. The van der Waals surface area contributed by atoms with Crippen LogP contribution in [0.4, 0.5) is 5.69 Å². The second-order valence-corrected chi connectivity index (χ2v) is 5.12. The summed E-state index contributed by atoms with van der Waals surface area (Å²) in [7, 11) is 1.70. The van der Waals surface area contributed by atoms with Gasteiger partial charge in [-0.1, -0.05) is 80.6 Å². The number of hydrogen-bond acceptors (Lipinski definition) is 2. The minimum absolute atomic E-state index is 0.773. The fraction of sp³-hybridized carbons (Fsp3) is 0.182. The summed E-state index contributed by atoms with van der Waals surface area (Å²) in [5, 5.41) is 3.47. The van der Waals surface area contributed by atoms with Gasteiger partial charge in [-0.25, -0.2) is 0 Å². The summed E-state index contributed by atoms with van der Waals surface area (Å²) in [4.78, 5) is 0. The quantitative estimate of drug-likeness (QED) is 0.622. The minimum atomic E-state index is 0.773. The Hall–Kier alpha value is -2.74. The fourth-order valence-electron chi connectivity index (χ4n) is 2.45. The van der Waals surface area contributed by atoms with Crippen molar-refractivity contribution in [2.75, 3.05) is 12.4 Å². The molecule has 0 bridgehead atoms. The van der Waals surface area contributed by atoms with Crippen LogP contribution in [0.5, 0.6) is 5.75 Å². The van der Waals surface area contributed by atoms with Gasteiger partial charge in [0.05, 0.1) is 12.8 Å². The number of anilines is 1.